The van der Waals surface area contributed by atoms with Gasteiger partial charge in [0, 0.05) is 21.9 Å². The van der Waals surface area contributed by atoms with Crippen LogP contribution in [0.1, 0.15) is 34.4 Å². The summed E-state index contributed by atoms with van der Waals surface area (Å²) in [6, 6.07) is 8.44. The maximum atomic E-state index is 13.4. The number of fused-ring (bicyclic) bond motifs is 3. The third kappa shape index (κ3) is 2.43. The average Bonchev–Trinajstić information content (AvgIpc) is 3.22. The zero-order chi connectivity index (χ0) is 19.5. The van der Waals surface area contributed by atoms with Crippen LogP contribution in [0.4, 0.5) is 4.79 Å². The molecule has 1 aliphatic heterocycles. The number of benzene rings is 1. The van der Waals surface area contributed by atoms with E-state index in [1.165, 1.54) is 11.0 Å². The average molecular weight is 394 g/mol. The van der Waals surface area contributed by atoms with Gasteiger partial charge in [-0.25, -0.2) is 9.59 Å². The Morgan fingerprint density at radius 2 is 2.07 bits per heavy atom. The Balaban J connectivity index is 1.56. The number of carbonyl (C=O) groups excluding carboxylic acids is 2. The lowest BCUT2D eigenvalue weighted by Crippen LogP contribution is -2.46. The first-order valence-corrected chi connectivity index (χ1v) is 10.1. The standard InChI is InChI=1S/C21H18N2O4S/c1-12-4-5-14-13(10-18(24)27-16(14)9-12)11-23-19(25)21(22-20(23)26)7-2-3-17-15(21)6-8-28-17/h4-6,8-10H,2-3,7,11H2,1H3,(H,22,26)/t21-/m0/s1. The van der Waals surface area contributed by atoms with E-state index < -0.39 is 17.2 Å². The normalized spacial score (nSPS) is 21.4. The Hall–Kier alpha value is -2.93. The van der Waals surface area contributed by atoms with Gasteiger partial charge in [0.1, 0.15) is 11.1 Å². The van der Waals surface area contributed by atoms with Crippen LogP contribution in [0.5, 0.6) is 0 Å². The minimum absolute atomic E-state index is 0.0387. The van der Waals surface area contributed by atoms with Crippen molar-refractivity contribution in [1.29, 1.82) is 0 Å². The molecule has 6 nitrogen and oxygen atoms in total. The van der Waals surface area contributed by atoms with Gasteiger partial charge < -0.3 is 9.73 Å². The van der Waals surface area contributed by atoms with Crippen LogP contribution < -0.4 is 10.9 Å². The third-order valence-corrected chi connectivity index (χ3v) is 6.63. The first-order chi connectivity index (χ1) is 13.5. The van der Waals surface area contributed by atoms with Crippen molar-refractivity contribution >= 4 is 34.2 Å². The number of rotatable bonds is 2. The lowest BCUT2D eigenvalue weighted by Gasteiger charge is -2.31. The van der Waals surface area contributed by atoms with Crippen molar-refractivity contribution in [3.63, 3.8) is 0 Å². The van der Waals surface area contributed by atoms with E-state index in [4.69, 9.17) is 4.42 Å². The van der Waals surface area contributed by atoms with E-state index in [1.807, 2.05) is 30.5 Å². The predicted octanol–water partition coefficient (Wildman–Crippen LogP) is 3.45. The second-order valence-corrected chi connectivity index (χ2v) is 8.43. The maximum absolute atomic E-state index is 13.4. The van der Waals surface area contributed by atoms with E-state index in [0.29, 0.717) is 17.6 Å². The first kappa shape index (κ1) is 17.2. The Kier molecular flexibility index (Phi) is 3.71. The van der Waals surface area contributed by atoms with E-state index in [0.717, 1.165) is 34.2 Å². The molecule has 3 aromatic rings. The Morgan fingerprint density at radius 3 is 2.93 bits per heavy atom. The molecule has 3 amide bonds. The lowest BCUT2D eigenvalue weighted by molar-refractivity contribution is -0.132. The van der Waals surface area contributed by atoms with Gasteiger partial charge in [-0.3, -0.25) is 9.69 Å². The molecule has 7 heteroatoms. The molecule has 0 radical (unpaired) electrons. The molecule has 2 aromatic heterocycles. The van der Waals surface area contributed by atoms with E-state index >= 15 is 0 Å². The van der Waals surface area contributed by atoms with Crippen molar-refractivity contribution < 1.29 is 14.0 Å². The molecular formula is C21H18N2O4S. The Morgan fingerprint density at radius 1 is 1.21 bits per heavy atom. The molecule has 2 aliphatic rings. The van der Waals surface area contributed by atoms with Crippen molar-refractivity contribution in [1.82, 2.24) is 10.2 Å². The molecule has 5 rings (SSSR count). The highest BCUT2D eigenvalue weighted by Gasteiger charge is 2.54. The molecule has 0 bridgehead atoms. The number of amides is 3. The monoisotopic (exact) mass is 394 g/mol. The Labute approximate surface area is 164 Å². The van der Waals surface area contributed by atoms with Crippen molar-refractivity contribution in [2.75, 3.05) is 0 Å². The second kappa shape index (κ2) is 6.04. The zero-order valence-electron chi connectivity index (χ0n) is 15.3. The van der Waals surface area contributed by atoms with Gasteiger partial charge in [0.15, 0.2) is 0 Å². The van der Waals surface area contributed by atoms with E-state index in [1.54, 1.807) is 17.4 Å². The van der Waals surface area contributed by atoms with Crippen molar-refractivity contribution in [3.8, 4) is 0 Å². The highest BCUT2D eigenvalue weighted by molar-refractivity contribution is 7.10. The summed E-state index contributed by atoms with van der Waals surface area (Å²) in [6.45, 7) is 1.95. The van der Waals surface area contributed by atoms with Crippen LogP contribution in [0.15, 0.2) is 44.9 Å². The molecule has 1 N–H and O–H groups in total. The SMILES string of the molecule is Cc1ccc2c(CN3C(=O)N[C@]4(CCCc5sccc54)C3=O)cc(=O)oc2c1. The van der Waals surface area contributed by atoms with E-state index in [2.05, 4.69) is 5.32 Å². The van der Waals surface area contributed by atoms with Gasteiger partial charge in [-0.15, -0.1) is 11.3 Å². The first-order valence-electron chi connectivity index (χ1n) is 9.22. The minimum atomic E-state index is -0.976. The summed E-state index contributed by atoms with van der Waals surface area (Å²) in [5.41, 5.74) is 1.48. The van der Waals surface area contributed by atoms with Crippen LogP contribution in [0.2, 0.25) is 0 Å². The number of hydrogen-bond acceptors (Lipinski definition) is 5. The number of hydrogen-bond donors (Lipinski definition) is 1. The molecule has 1 spiro atoms. The number of imide groups is 1. The molecule has 3 heterocycles. The van der Waals surface area contributed by atoms with Crippen LogP contribution >= 0.6 is 11.3 Å². The summed E-state index contributed by atoms with van der Waals surface area (Å²) in [5.74, 6) is -0.245. The summed E-state index contributed by atoms with van der Waals surface area (Å²) < 4.78 is 5.29. The number of thiophene rings is 1. The van der Waals surface area contributed by atoms with Crippen molar-refractivity contribution in [2.45, 2.75) is 38.3 Å². The molecule has 1 fully saturated rings. The number of carbonyl (C=O) groups is 2. The summed E-state index contributed by atoms with van der Waals surface area (Å²) in [5, 5.41) is 5.64. The number of aryl methyl sites for hydroxylation is 2. The predicted molar refractivity (Wildman–Crippen MR) is 105 cm³/mol. The molecule has 0 saturated carbocycles. The maximum Gasteiger partial charge on any atom is 0.336 e. The van der Waals surface area contributed by atoms with Crippen LogP contribution in [0, 0.1) is 6.92 Å². The fraction of sp³-hybridized carbons (Fsp3) is 0.286. The van der Waals surface area contributed by atoms with Gasteiger partial charge in [0.05, 0.1) is 6.54 Å². The molecule has 1 aliphatic carbocycles. The fourth-order valence-electron chi connectivity index (χ4n) is 4.32. The van der Waals surface area contributed by atoms with Gasteiger partial charge in [0.25, 0.3) is 5.91 Å². The highest BCUT2D eigenvalue weighted by atomic mass is 32.1. The van der Waals surface area contributed by atoms with Crippen LogP contribution in [-0.2, 0) is 23.3 Å². The fourth-order valence-corrected chi connectivity index (χ4v) is 5.32. The summed E-state index contributed by atoms with van der Waals surface area (Å²) >= 11 is 1.62. The summed E-state index contributed by atoms with van der Waals surface area (Å²) in [6.07, 6.45) is 2.38. The molecule has 142 valence electrons. The minimum Gasteiger partial charge on any atom is -0.423 e. The number of nitrogens with one attached hydrogen (secondary N) is 1. The van der Waals surface area contributed by atoms with Gasteiger partial charge in [-0.05, 0) is 54.8 Å². The molecule has 0 unspecified atom stereocenters. The van der Waals surface area contributed by atoms with Gasteiger partial charge in [0.2, 0.25) is 0 Å². The van der Waals surface area contributed by atoms with Crippen molar-refractivity contribution in [2.24, 2.45) is 0 Å². The number of nitrogens with zero attached hydrogens (tertiary/aromatic N) is 1. The van der Waals surface area contributed by atoms with Gasteiger partial charge >= 0.3 is 11.7 Å². The third-order valence-electron chi connectivity index (χ3n) is 5.65. The zero-order valence-corrected chi connectivity index (χ0v) is 16.1. The smallest absolute Gasteiger partial charge is 0.336 e. The van der Waals surface area contributed by atoms with Crippen LogP contribution in [0.3, 0.4) is 0 Å². The van der Waals surface area contributed by atoms with Crippen LogP contribution in [0.25, 0.3) is 11.0 Å². The molecule has 1 saturated heterocycles. The number of urea groups is 1. The van der Waals surface area contributed by atoms with Crippen LogP contribution in [-0.4, -0.2) is 16.8 Å². The van der Waals surface area contributed by atoms with Gasteiger partial charge in [-0.2, -0.15) is 0 Å². The molecular weight excluding hydrogens is 376 g/mol. The summed E-state index contributed by atoms with van der Waals surface area (Å²) in [4.78, 5) is 40.5. The summed E-state index contributed by atoms with van der Waals surface area (Å²) in [7, 11) is 0. The highest BCUT2D eigenvalue weighted by Crippen LogP contribution is 2.42. The van der Waals surface area contributed by atoms with Crippen molar-refractivity contribution in [3.05, 3.63) is 67.7 Å². The molecule has 1 atom stereocenters. The lowest BCUT2D eigenvalue weighted by atomic mass is 9.80. The molecule has 28 heavy (non-hydrogen) atoms. The quantitative estimate of drug-likeness (QED) is 0.533. The van der Waals surface area contributed by atoms with Gasteiger partial charge in [-0.1, -0.05) is 12.1 Å². The topological polar surface area (TPSA) is 79.6 Å². The second-order valence-electron chi connectivity index (χ2n) is 7.43. The Bertz CT molecular complexity index is 1190. The largest absolute Gasteiger partial charge is 0.423 e. The molecule has 1 aromatic carbocycles. The van der Waals surface area contributed by atoms with E-state index in [-0.39, 0.29) is 12.5 Å². The van der Waals surface area contributed by atoms with E-state index in [9.17, 15) is 14.4 Å².